The highest BCUT2D eigenvalue weighted by molar-refractivity contribution is 6.30. The maximum Gasteiger partial charge on any atom is 0.247 e. The molecule has 0 radical (unpaired) electrons. The lowest BCUT2D eigenvalue weighted by molar-refractivity contribution is 0.417. The molecule has 0 bridgehead atoms. The van der Waals surface area contributed by atoms with Crippen LogP contribution in [0.15, 0.2) is 34.9 Å². The Kier molecular flexibility index (Phi) is 2.76. The van der Waals surface area contributed by atoms with Crippen molar-refractivity contribution in [2.75, 3.05) is 12.8 Å². The highest BCUT2D eigenvalue weighted by Crippen LogP contribution is 2.29. The van der Waals surface area contributed by atoms with Gasteiger partial charge in [-0.15, -0.1) is 0 Å². The van der Waals surface area contributed by atoms with Gasteiger partial charge >= 0.3 is 0 Å². The maximum atomic E-state index is 5.86. The molecule has 0 fully saturated rings. The fraction of sp³-hybridized carbons (Fsp3) is 0.0769. The zero-order valence-corrected chi connectivity index (χ0v) is 10.8. The average molecular weight is 276 g/mol. The van der Waals surface area contributed by atoms with Gasteiger partial charge in [-0.05, 0) is 24.3 Å². The first kappa shape index (κ1) is 11.8. The van der Waals surface area contributed by atoms with Gasteiger partial charge in [-0.3, -0.25) is 0 Å². The van der Waals surface area contributed by atoms with Crippen LogP contribution >= 0.6 is 11.6 Å². The molecule has 0 saturated heterocycles. The molecule has 3 rings (SSSR count). The molecule has 0 aliphatic carbocycles. The van der Waals surface area contributed by atoms with E-state index in [0.717, 1.165) is 5.56 Å². The van der Waals surface area contributed by atoms with Crippen LogP contribution < -0.4 is 10.5 Å². The Balaban J connectivity index is 2.11. The zero-order chi connectivity index (χ0) is 13.4. The van der Waals surface area contributed by atoms with Crippen molar-refractivity contribution in [3.63, 3.8) is 0 Å². The second-order valence-corrected chi connectivity index (χ2v) is 4.39. The van der Waals surface area contributed by atoms with Crippen LogP contribution in [0.4, 0.5) is 5.69 Å². The number of fused-ring (bicyclic) bond motifs is 1. The number of benzene rings is 1. The monoisotopic (exact) mass is 275 g/mol. The number of methoxy groups -OCH3 is 1. The zero-order valence-electron chi connectivity index (χ0n) is 10.1. The van der Waals surface area contributed by atoms with Crippen LogP contribution in [0.3, 0.4) is 0 Å². The van der Waals surface area contributed by atoms with Crippen LogP contribution in [0.25, 0.3) is 22.7 Å². The molecule has 0 spiro atoms. The minimum absolute atomic E-state index is 0.439. The van der Waals surface area contributed by atoms with Crippen molar-refractivity contribution in [1.29, 1.82) is 0 Å². The standard InChI is InChI=1S/C13H10ClN3O2/c1-18-11-3-2-7(4-9(11)15)12-17-10-5-8(14)6-16-13(10)19-12/h2-6H,15H2,1H3. The number of ether oxygens (including phenoxy) is 1. The summed E-state index contributed by atoms with van der Waals surface area (Å²) in [4.78, 5) is 8.40. The first-order valence-corrected chi connectivity index (χ1v) is 5.91. The lowest BCUT2D eigenvalue weighted by Crippen LogP contribution is -1.92. The summed E-state index contributed by atoms with van der Waals surface area (Å²) in [5.74, 6) is 1.06. The molecule has 0 atom stereocenters. The Morgan fingerprint density at radius 2 is 2.16 bits per heavy atom. The summed E-state index contributed by atoms with van der Waals surface area (Å²) in [7, 11) is 1.57. The quantitative estimate of drug-likeness (QED) is 0.727. The van der Waals surface area contributed by atoms with E-state index in [1.165, 1.54) is 6.20 Å². The molecule has 0 aliphatic heterocycles. The smallest absolute Gasteiger partial charge is 0.247 e. The molecule has 6 heteroatoms. The van der Waals surface area contributed by atoms with E-state index in [4.69, 9.17) is 26.5 Å². The molecule has 0 aliphatic rings. The molecule has 5 nitrogen and oxygen atoms in total. The van der Waals surface area contributed by atoms with Crippen molar-refractivity contribution in [3.8, 4) is 17.2 Å². The van der Waals surface area contributed by atoms with Gasteiger partial charge in [0.15, 0.2) is 0 Å². The molecular weight excluding hydrogens is 266 g/mol. The molecule has 3 aromatic rings. The normalized spacial score (nSPS) is 10.8. The molecule has 96 valence electrons. The van der Waals surface area contributed by atoms with Gasteiger partial charge in [-0.1, -0.05) is 11.6 Å². The van der Waals surface area contributed by atoms with Crippen molar-refractivity contribution in [3.05, 3.63) is 35.5 Å². The van der Waals surface area contributed by atoms with Crippen molar-refractivity contribution in [2.24, 2.45) is 0 Å². The summed E-state index contributed by atoms with van der Waals surface area (Å²) >= 11 is 5.86. The number of nitrogens with two attached hydrogens (primary N) is 1. The second kappa shape index (κ2) is 4.44. The van der Waals surface area contributed by atoms with Crippen molar-refractivity contribution < 1.29 is 9.15 Å². The van der Waals surface area contributed by atoms with E-state index in [9.17, 15) is 0 Å². The Hall–Kier alpha value is -2.27. The molecule has 2 N–H and O–H groups in total. The van der Waals surface area contributed by atoms with Crippen LogP contribution in [0.1, 0.15) is 0 Å². The average Bonchev–Trinajstić information content (AvgIpc) is 2.81. The summed E-state index contributed by atoms with van der Waals surface area (Å²) in [6.45, 7) is 0. The number of oxazole rings is 1. The number of nitrogens with zero attached hydrogens (tertiary/aromatic N) is 2. The highest BCUT2D eigenvalue weighted by atomic mass is 35.5. The van der Waals surface area contributed by atoms with Gasteiger partial charge in [-0.2, -0.15) is 0 Å². The Labute approximate surface area is 114 Å². The predicted molar refractivity (Wildman–Crippen MR) is 73.2 cm³/mol. The first-order chi connectivity index (χ1) is 9.17. The second-order valence-electron chi connectivity index (χ2n) is 3.95. The van der Waals surface area contributed by atoms with Crippen LogP contribution in [0.2, 0.25) is 5.02 Å². The topological polar surface area (TPSA) is 74.2 Å². The van der Waals surface area contributed by atoms with E-state index in [2.05, 4.69) is 9.97 Å². The number of hydrogen-bond donors (Lipinski definition) is 1. The number of hydrogen-bond acceptors (Lipinski definition) is 5. The molecule has 19 heavy (non-hydrogen) atoms. The highest BCUT2D eigenvalue weighted by Gasteiger charge is 2.11. The van der Waals surface area contributed by atoms with Crippen molar-refractivity contribution in [2.45, 2.75) is 0 Å². The number of rotatable bonds is 2. The van der Waals surface area contributed by atoms with Crippen LogP contribution in [0.5, 0.6) is 5.75 Å². The Bertz CT molecular complexity index is 755. The van der Waals surface area contributed by atoms with Gasteiger partial charge in [0, 0.05) is 11.8 Å². The van der Waals surface area contributed by atoms with Gasteiger partial charge < -0.3 is 14.9 Å². The summed E-state index contributed by atoms with van der Waals surface area (Å²) < 4.78 is 10.7. The van der Waals surface area contributed by atoms with E-state index in [1.807, 2.05) is 6.07 Å². The molecule has 0 saturated carbocycles. The first-order valence-electron chi connectivity index (χ1n) is 5.53. The summed E-state index contributed by atoms with van der Waals surface area (Å²) in [5.41, 5.74) is 8.18. The lowest BCUT2D eigenvalue weighted by Gasteiger charge is -2.04. The number of pyridine rings is 1. The summed E-state index contributed by atoms with van der Waals surface area (Å²) in [6.07, 6.45) is 1.52. The van der Waals surface area contributed by atoms with Crippen molar-refractivity contribution in [1.82, 2.24) is 9.97 Å². The largest absolute Gasteiger partial charge is 0.495 e. The van der Waals surface area contributed by atoms with E-state index in [0.29, 0.717) is 33.6 Å². The molecular formula is C13H10ClN3O2. The lowest BCUT2D eigenvalue weighted by atomic mass is 10.2. The third-order valence-electron chi connectivity index (χ3n) is 2.69. The van der Waals surface area contributed by atoms with E-state index >= 15 is 0 Å². The van der Waals surface area contributed by atoms with Crippen LogP contribution in [0, 0.1) is 0 Å². The Morgan fingerprint density at radius 3 is 2.89 bits per heavy atom. The third-order valence-corrected chi connectivity index (χ3v) is 2.90. The number of nitrogen functional groups attached to an aromatic ring is 1. The van der Waals surface area contributed by atoms with Gasteiger partial charge in [0.05, 0.1) is 17.8 Å². The van der Waals surface area contributed by atoms with Gasteiger partial charge in [-0.25, -0.2) is 9.97 Å². The van der Waals surface area contributed by atoms with Gasteiger partial charge in [0.1, 0.15) is 11.3 Å². The fourth-order valence-electron chi connectivity index (χ4n) is 1.79. The fourth-order valence-corrected chi connectivity index (χ4v) is 1.94. The van der Waals surface area contributed by atoms with Gasteiger partial charge in [0.25, 0.3) is 0 Å². The number of anilines is 1. The molecule has 2 heterocycles. The van der Waals surface area contributed by atoms with Gasteiger partial charge in [0.2, 0.25) is 11.6 Å². The minimum Gasteiger partial charge on any atom is -0.495 e. The molecule has 1 aromatic carbocycles. The predicted octanol–water partition coefficient (Wildman–Crippen LogP) is 3.13. The van der Waals surface area contributed by atoms with E-state index in [-0.39, 0.29) is 0 Å². The van der Waals surface area contributed by atoms with Crippen molar-refractivity contribution >= 4 is 28.5 Å². The minimum atomic E-state index is 0.439. The number of halogens is 1. The number of aromatic nitrogens is 2. The molecule has 0 unspecified atom stereocenters. The summed E-state index contributed by atoms with van der Waals surface area (Å²) in [5, 5.41) is 0.515. The maximum absolute atomic E-state index is 5.86. The van der Waals surface area contributed by atoms with Crippen LogP contribution in [-0.2, 0) is 0 Å². The third kappa shape index (κ3) is 2.08. The molecule has 2 aromatic heterocycles. The van der Waals surface area contributed by atoms with E-state index < -0.39 is 0 Å². The van der Waals surface area contributed by atoms with E-state index in [1.54, 1.807) is 25.3 Å². The molecule has 0 amide bonds. The van der Waals surface area contributed by atoms with Crippen LogP contribution in [-0.4, -0.2) is 17.1 Å². The summed E-state index contributed by atoms with van der Waals surface area (Å²) in [6, 6.07) is 7.02. The Morgan fingerprint density at radius 1 is 1.32 bits per heavy atom. The SMILES string of the molecule is COc1ccc(-c2nc3cc(Cl)cnc3o2)cc1N.